The van der Waals surface area contributed by atoms with Gasteiger partial charge in [0.15, 0.2) is 0 Å². The van der Waals surface area contributed by atoms with Crippen molar-refractivity contribution in [2.45, 2.75) is 19.2 Å². The van der Waals surface area contributed by atoms with Crippen molar-refractivity contribution >= 4 is 5.91 Å². The van der Waals surface area contributed by atoms with Gasteiger partial charge in [-0.1, -0.05) is 42.5 Å². The number of ether oxygens (including phenoxy) is 1. The first kappa shape index (κ1) is 19.5. The van der Waals surface area contributed by atoms with E-state index in [4.69, 9.17) is 10.5 Å². The quantitative estimate of drug-likeness (QED) is 0.622. The van der Waals surface area contributed by atoms with E-state index in [1.807, 2.05) is 12.1 Å². The van der Waals surface area contributed by atoms with E-state index in [9.17, 15) is 13.6 Å². The van der Waals surface area contributed by atoms with Gasteiger partial charge in [0, 0.05) is 12.1 Å². The van der Waals surface area contributed by atoms with Crippen molar-refractivity contribution in [2.24, 2.45) is 5.73 Å². The lowest BCUT2D eigenvalue weighted by molar-refractivity contribution is -0.120. The molecule has 1 unspecified atom stereocenters. The molecule has 3 N–H and O–H groups in total. The Bertz CT molecular complexity index is 945. The van der Waals surface area contributed by atoms with Crippen LogP contribution in [0.2, 0.25) is 0 Å². The number of carbonyl (C=O) groups excluding carboxylic acids is 1. The van der Waals surface area contributed by atoms with E-state index in [2.05, 4.69) is 5.32 Å². The fourth-order valence-corrected chi connectivity index (χ4v) is 2.77. The van der Waals surface area contributed by atoms with Gasteiger partial charge >= 0.3 is 0 Å². The molecule has 0 bridgehead atoms. The fraction of sp³-hybridized carbons (Fsp3) is 0.136. The number of carbonyl (C=O) groups is 1. The molecule has 0 aliphatic heterocycles. The van der Waals surface area contributed by atoms with Crippen LogP contribution in [0.15, 0.2) is 72.8 Å². The van der Waals surface area contributed by atoms with E-state index in [0.717, 1.165) is 5.56 Å². The maximum Gasteiger partial charge on any atom is 0.239 e. The summed E-state index contributed by atoms with van der Waals surface area (Å²) < 4.78 is 32.6. The SMILES string of the molecule is NC(=O)C(NCc1ccc(OCc2ccccc2F)cc1)c1cccc(F)c1. The molecule has 6 heteroatoms. The van der Waals surface area contributed by atoms with E-state index in [1.54, 1.807) is 36.4 Å². The number of primary amides is 1. The van der Waals surface area contributed by atoms with Gasteiger partial charge in [-0.05, 0) is 41.5 Å². The van der Waals surface area contributed by atoms with Crippen molar-refractivity contribution in [1.82, 2.24) is 5.32 Å². The van der Waals surface area contributed by atoms with Crippen molar-refractivity contribution in [3.8, 4) is 5.75 Å². The second-order valence-electron chi connectivity index (χ2n) is 6.30. The smallest absolute Gasteiger partial charge is 0.239 e. The summed E-state index contributed by atoms with van der Waals surface area (Å²) in [5, 5.41) is 3.03. The van der Waals surface area contributed by atoms with Gasteiger partial charge in [-0.2, -0.15) is 0 Å². The van der Waals surface area contributed by atoms with Crippen molar-refractivity contribution in [3.63, 3.8) is 0 Å². The van der Waals surface area contributed by atoms with Gasteiger partial charge in [-0.15, -0.1) is 0 Å². The Morgan fingerprint density at radius 1 is 1.00 bits per heavy atom. The third-order valence-electron chi connectivity index (χ3n) is 4.25. The molecule has 0 saturated heterocycles. The van der Waals surface area contributed by atoms with Crippen molar-refractivity contribution in [1.29, 1.82) is 0 Å². The zero-order valence-corrected chi connectivity index (χ0v) is 15.1. The number of nitrogens with one attached hydrogen (secondary N) is 1. The Hall–Kier alpha value is -3.25. The third kappa shape index (κ3) is 5.14. The molecule has 28 heavy (non-hydrogen) atoms. The molecular formula is C22H20F2N2O2. The van der Waals surface area contributed by atoms with Gasteiger partial charge < -0.3 is 10.5 Å². The van der Waals surface area contributed by atoms with Gasteiger partial charge in [0.05, 0.1) is 0 Å². The van der Waals surface area contributed by atoms with Crippen molar-refractivity contribution < 1.29 is 18.3 Å². The summed E-state index contributed by atoms with van der Waals surface area (Å²) in [6.45, 7) is 0.491. The highest BCUT2D eigenvalue weighted by Gasteiger charge is 2.17. The minimum absolute atomic E-state index is 0.133. The number of nitrogens with two attached hydrogens (primary N) is 1. The lowest BCUT2D eigenvalue weighted by Crippen LogP contribution is -2.33. The summed E-state index contributed by atoms with van der Waals surface area (Å²) in [7, 11) is 0. The van der Waals surface area contributed by atoms with Crippen LogP contribution < -0.4 is 15.8 Å². The molecule has 1 amide bonds. The zero-order chi connectivity index (χ0) is 19.9. The van der Waals surface area contributed by atoms with Crippen LogP contribution in [0.4, 0.5) is 8.78 Å². The zero-order valence-electron chi connectivity index (χ0n) is 15.1. The van der Waals surface area contributed by atoms with E-state index in [0.29, 0.717) is 23.4 Å². The molecule has 1 atom stereocenters. The van der Waals surface area contributed by atoms with Crippen LogP contribution in [0.3, 0.4) is 0 Å². The molecule has 3 aromatic rings. The molecular weight excluding hydrogens is 362 g/mol. The van der Waals surface area contributed by atoms with Crippen molar-refractivity contribution in [3.05, 3.63) is 101 Å². The summed E-state index contributed by atoms with van der Waals surface area (Å²) in [5.41, 5.74) is 7.28. The third-order valence-corrected chi connectivity index (χ3v) is 4.25. The highest BCUT2D eigenvalue weighted by molar-refractivity contribution is 5.81. The summed E-state index contributed by atoms with van der Waals surface area (Å²) >= 11 is 0. The molecule has 0 radical (unpaired) electrons. The summed E-state index contributed by atoms with van der Waals surface area (Å²) in [4.78, 5) is 11.7. The van der Waals surface area contributed by atoms with Crippen molar-refractivity contribution in [2.75, 3.05) is 0 Å². The molecule has 4 nitrogen and oxygen atoms in total. The fourth-order valence-electron chi connectivity index (χ4n) is 2.77. The molecule has 0 aliphatic rings. The lowest BCUT2D eigenvalue weighted by atomic mass is 10.1. The first-order valence-corrected chi connectivity index (χ1v) is 8.76. The number of benzene rings is 3. The average molecular weight is 382 g/mol. The molecule has 144 valence electrons. The van der Waals surface area contributed by atoms with Crippen LogP contribution >= 0.6 is 0 Å². The van der Waals surface area contributed by atoms with E-state index < -0.39 is 17.8 Å². The summed E-state index contributed by atoms with van der Waals surface area (Å²) in [5.74, 6) is -0.723. The Labute approximate surface area is 162 Å². The Kier molecular flexibility index (Phi) is 6.34. The predicted octanol–water partition coefficient (Wildman–Crippen LogP) is 3.86. The lowest BCUT2D eigenvalue weighted by Gasteiger charge is -2.16. The first-order chi connectivity index (χ1) is 13.5. The van der Waals surface area contributed by atoms with Crippen LogP contribution in [0.5, 0.6) is 5.75 Å². The molecule has 0 spiro atoms. The minimum atomic E-state index is -0.798. The van der Waals surface area contributed by atoms with Crippen LogP contribution in [0.1, 0.15) is 22.7 Å². The van der Waals surface area contributed by atoms with Gasteiger partial charge in [0.2, 0.25) is 5.91 Å². The monoisotopic (exact) mass is 382 g/mol. The Balaban J connectivity index is 1.59. The van der Waals surface area contributed by atoms with Crippen LogP contribution in [0.25, 0.3) is 0 Å². The Morgan fingerprint density at radius 3 is 2.43 bits per heavy atom. The standard InChI is InChI=1S/C22H20F2N2O2/c23-18-6-3-5-16(12-18)21(22(25)27)26-13-15-8-10-19(11-9-15)28-14-17-4-1-2-7-20(17)24/h1-12,21,26H,13-14H2,(H2,25,27). The maximum atomic E-state index is 13.6. The second kappa shape index (κ2) is 9.10. The van der Waals surface area contributed by atoms with Gasteiger partial charge in [-0.3, -0.25) is 10.1 Å². The van der Waals surface area contributed by atoms with Crippen LogP contribution in [-0.4, -0.2) is 5.91 Å². The first-order valence-electron chi connectivity index (χ1n) is 8.76. The summed E-state index contributed by atoms with van der Waals surface area (Å²) in [6.07, 6.45) is 0. The van der Waals surface area contributed by atoms with Gasteiger partial charge in [0.1, 0.15) is 30.0 Å². The van der Waals surface area contributed by atoms with E-state index >= 15 is 0 Å². The second-order valence-corrected chi connectivity index (χ2v) is 6.30. The molecule has 0 heterocycles. The maximum absolute atomic E-state index is 13.6. The Morgan fingerprint density at radius 2 is 1.75 bits per heavy atom. The normalized spacial score (nSPS) is 11.8. The van der Waals surface area contributed by atoms with E-state index in [-0.39, 0.29) is 12.4 Å². The molecule has 0 aromatic heterocycles. The number of rotatable bonds is 8. The highest BCUT2D eigenvalue weighted by atomic mass is 19.1. The minimum Gasteiger partial charge on any atom is -0.489 e. The van der Waals surface area contributed by atoms with Gasteiger partial charge in [-0.25, -0.2) is 8.78 Å². The largest absolute Gasteiger partial charge is 0.489 e. The predicted molar refractivity (Wildman–Crippen MR) is 102 cm³/mol. The van der Waals surface area contributed by atoms with Crippen LogP contribution in [-0.2, 0) is 17.9 Å². The number of amides is 1. The van der Waals surface area contributed by atoms with Crippen LogP contribution in [0, 0.1) is 11.6 Å². The number of hydrogen-bond donors (Lipinski definition) is 2. The molecule has 0 saturated carbocycles. The summed E-state index contributed by atoms with van der Waals surface area (Å²) in [6, 6.07) is 18.6. The molecule has 3 aromatic carbocycles. The van der Waals surface area contributed by atoms with Gasteiger partial charge in [0.25, 0.3) is 0 Å². The molecule has 0 aliphatic carbocycles. The number of halogens is 2. The molecule has 3 rings (SSSR count). The highest BCUT2D eigenvalue weighted by Crippen LogP contribution is 2.18. The van der Waals surface area contributed by atoms with E-state index in [1.165, 1.54) is 24.3 Å². The average Bonchev–Trinajstić information content (AvgIpc) is 2.68. The topological polar surface area (TPSA) is 64.4 Å². The molecule has 0 fully saturated rings. The number of hydrogen-bond acceptors (Lipinski definition) is 3.